The molecule has 0 bridgehead atoms. The monoisotopic (exact) mass is 267 g/mol. The minimum absolute atomic E-state index is 0.484. The van der Waals surface area contributed by atoms with Crippen molar-refractivity contribution in [3.63, 3.8) is 0 Å². The molecule has 1 aromatic heterocycles. The highest BCUT2D eigenvalue weighted by atomic mass is 32.2. The molecule has 6 heteroatoms. The van der Waals surface area contributed by atoms with Crippen LogP contribution >= 0.6 is 11.8 Å². The van der Waals surface area contributed by atoms with Crippen molar-refractivity contribution in [1.29, 1.82) is 0 Å². The lowest BCUT2D eigenvalue weighted by Crippen LogP contribution is -2.39. The van der Waals surface area contributed by atoms with Crippen molar-refractivity contribution in [3.05, 3.63) is 6.07 Å². The molecule has 2 rings (SSSR count). The molecule has 1 aliphatic rings. The van der Waals surface area contributed by atoms with Crippen molar-refractivity contribution in [2.45, 2.75) is 24.0 Å². The zero-order valence-electron chi connectivity index (χ0n) is 11.2. The Hall–Kier alpha value is -1.01. The molecule has 1 fully saturated rings. The van der Waals surface area contributed by atoms with Crippen molar-refractivity contribution in [1.82, 2.24) is 14.9 Å². The molecule has 1 saturated heterocycles. The number of nitrogens with one attached hydrogen (secondary N) is 2. The Bertz CT molecular complexity index is 376. The van der Waals surface area contributed by atoms with E-state index >= 15 is 0 Å². The molecule has 0 spiro atoms. The van der Waals surface area contributed by atoms with Gasteiger partial charge in [0.2, 0.25) is 0 Å². The molecular weight excluding hydrogens is 246 g/mol. The summed E-state index contributed by atoms with van der Waals surface area (Å²) in [6.45, 7) is 2.27. The second-order valence-corrected chi connectivity index (χ2v) is 5.39. The van der Waals surface area contributed by atoms with Gasteiger partial charge >= 0.3 is 0 Å². The van der Waals surface area contributed by atoms with Crippen LogP contribution in [-0.4, -0.2) is 54.4 Å². The van der Waals surface area contributed by atoms with Crippen LogP contribution < -0.4 is 10.6 Å². The number of rotatable bonds is 4. The SMILES string of the molecule is CNc1cc(NC2CCCN(C)C2)nc(SC)n1. The summed E-state index contributed by atoms with van der Waals surface area (Å²) >= 11 is 1.56. The second-order valence-electron chi connectivity index (χ2n) is 4.62. The summed E-state index contributed by atoms with van der Waals surface area (Å²) < 4.78 is 0. The first kappa shape index (κ1) is 13.4. The van der Waals surface area contributed by atoms with Gasteiger partial charge in [-0.2, -0.15) is 0 Å². The molecule has 1 unspecified atom stereocenters. The van der Waals surface area contributed by atoms with Gasteiger partial charge in [-0.05, 0) is 32.7 Å². The molecule has 18 heavy (non-hydrogen) atoms. The van der Waals surface area contributed by atoms with Crippen LogP contribution in [0.3, 0.4) is 0 Å². The predicted molar refractivity (Wildman–Crippen MR) is 77.5 cm³/mol. The summed E-state index contributed by atoms with van der Waals surface area (Å²) in [6.07, 6.45) is 4.44. The lowest BCUT2D eigenvalue weighted by atomic mass is 10.1. The molecule has 1 aliphatic heterocycles. The molecule has 5 nitrogen and oxygen atoms in total. The largest absolute Gasteiger partial charge is 0.373 e. The quantitative estimate of drug-likeness (QED) is 0.640. The molecule has 0 amide bonds. The number of piperidine rings is 1. The Morgan fingerprint density at radius 1 is 1.39 bits per heavy atom. The zero-order chi connectivity index (χ0) is 13.0. The van der Waals surface area contributed by atoms with Crippen molar-refractivity contribution >= 4 is 23.4 Å². The second kappa shape index (κ2) is 6.24. The van der Waals surface area contributed by atoms with Crippen LogP contribution in [0.25, 0.3) is 0 Å². The number of hydrogen-bond donors (Lipinski definition) is 2. The van der Waals surface area contributed by atoms with E-state index in [1.54, 1.807) is 11.8 Å². The number of anilines is 2. The standard InChI is InChI=1S/C12H21N5S/c1-13-10-7-11(16-12(15-10)18-3)14-9-5-4-6-17(2)8-9/h7,9H,4-6,8H2,1-3H3,(H2,13,14,15,16). The minimum Gasteiger partial charge on any atom is -0.373 e. The third-order valence-electron chi connectivity index (χ3n) is 3.12. The van der Waals surface area contributed by atoms with Gasteiger partial charge in [0.05, 0.1) is 0 Å². The van der Waals surface area contributed by atoms with E-state index < -0.39 is 0 Å². The highest BCUT2D eigenvalue weighted by Gasteiger charge is 2.17. The Balaban J connectivity index is 2.07. The number of aromatic nitrogens is 2. The van der Waals surface area contributed by atoms with Gasteiger partial charge in [0.25, 0.3) is 0 Å². The lowest BCUT2D eigenvalue weighted by Gasteiger charge is -2.30. The number of thioether (sulfide) groups is 1. The Morgan fingerprint density at radius 3 is 2.83 bits per heavy atom. The summed E-state index contributed by atoms with van der Waals surface area (Å²) in [6, 6.07) is 2.45. The van der Waals surface area contributed by atoms with Gasteiger partial charge in [0.1, 0.15) is 11.6 Å². The van der Waals surface area contributed by atoms with Crippen LogP contribution in [0.5, 0.6) is 0 Å². The molecule has 0 aromatic carbocycles. The zero-order valence-corrected chi connectivity index (χ0v) is 12.0. The highest BCUT2D eigenvalue weighted by molar-refractivity contribution is 7.98. The predicted octanol–water partition coefficient (Wildman–Crippen LogP) is 1.75. The third kappa shape index (κ3) is 3.49. The molecule has 0 saturated carbocycles. The maximum Gasteiger partial charge on any atom is 0.191 e. The minimum atomic E-state index is 0.484. The van der Waals surface area contributed by atoms with Crippen LogP contribution in [0, 0.1) is 0 Å². The van der Waals surface area contributed by atoms with Crippen molar-refractivity contribution in [3.8, 4) is 0 Å². The van der Waals surface area contributed by atoms with E-state index in [0.717, 1.165) is 23.3 Å². The first-order chi connectivity index (χ1) is 8.71. The summed E-state index contributed by atoms with van der Waals surface area (Å²) in [5.74, 6) is 1.78. The van der Waals surface area contributed by atoms with Gasteiger partial charge in [0, 0.05) is 25.7 Å². The van der Waals surface area contributed by atoms with Crippen LogP contribution in [0.2, 0.25) is 0 Å². The normalized spacial score (nSPS) is 20.7. The molecule has 1 aromatic rings. The topological polar surface area (TPSA) is 53.1 Å². The molecule has 1 atom stereocenters. The molecule has 0 aliphatic carbocycles. The van der Waals surface area contributed by atoms with Gasteiger partial charge in [-0.15, -0.1) is 0 Å². The average molecular weight is 267 g/mol. The van der Waals surface area contributed by atoms with E-state index in [-0.39, 0.29) is 0 Å². The van der Waals surface area contributed by atoms with Crippen LogP contribution in [0.1, 0.15) is 12.8 Å². The number of likely N-dealkylation sites (N-methyl/N-ethyl adjacent to an activating group) is 1. The number of hydrogen-bond acceptors (Lipinski definition) is 6. The Labute approximate surface area is 113 Å². The molecule has 100 valence electrons. The third-order valence-corrected chi connectivity index (χ3v) is 3.67. The fourth-order valence-corrected chi connectivity index (χ4v) is 2.59. The van der Waals surface area contributed by atoms with Gasteiger partial charge < -0.3 is 15.5 Å². The van der Waals surface area contributed by atoms with E-state index in [4.69, 9.17) is 0 Å². The number of likely N-dealkylation sites (tertiary alicyclic amines) is 1. The average Bonchev–Trinajstić information content (AvgIpc) is 2.38. The summed E-state index contributed by atoms with van der Waals surface area (Å²) in [7, 11) is 4.05. The molecule has 2 heterocycles. The maximum absolute atomic E-state index is 4.50. The van der Waals surface area contributed by atoms with Crippen molar-refractivity contribution < 1.29 is 0 Å². The Kier molecular flexibility index (Phi) is 4.66. The van der Waals surface area contributed by atoms with Crippen molar-refractivity contribution in [2.24, 2.45) is 0 Å². The fourth-order valence-electron chi connectivity index (χ4n) is 2.21. The molecule has 2 N–H and O–H groups in total. The molecule has 0 radical (unpaired) electrons. The summed E-state index contributed by atoms with van der Waals surface area (Å²) in [5, 5.41) is 7.39. The Morgan fingerprint density at radius 2 is 2.17 bits per heavy atom. The van der Waals surface area contributed by atoms with E-state index in [1.807, 2.05) is 19.4 Å². The maximum atomic E-state index is 4.50. The van der Waals surface area contributed by atoms with E-state index in [2.05, 4.69) is 32.5 Å². The summed E-state index contributed by atoms with van der Waals surface area (Å²) in [5.41, 5.74) is 0. The van der Waals surface area contributed by atoms with Crippen molar-refractivity contribution in [2.75, 3.05) is 44.1 Å². The summed E-state index contributed by atoms with van der Waals surface area (Å²) in [4.78, 5) is 11.2. The first-order valence-corrected chi connectivity index (χ1v) is 7.49. The van der Waals surface area contributed by atoms with Crippen LogP contribution in [-0.2, 0) is 0 Å². The number of nitrogens with zero attached hydrogens (tertiary/aromatic N) is 3. The van der Waals surface area contributed by atoms with Gasteiger partial charge in [-0.25, -0.2) is 9.97 Å². The van der Waals surface area contributed by atoms with Gasteiger partial charge in [-0.3, -0.25) is 0 Å². The van der Waals surface area contributed by atoms with E-state index in [1.165, 1.54) is 19.4 Å². The van der Waals surface area contributed by atoms with Crippen LogP contribution in [0.15, 0.2) is 11.2 Å². The fraction of sp³-hybridized carbons (Fsp3) is 0.667. The smallest absolute Gasteiger partial charge is 0.191 e. The van der Waals surface area contributed by atoms with Gasteiger partial charge in [-0.1, -0.05) is 11.8 Å². The first-order valence-electron chi connectivity index (χ1n) is 6.27. The van der Waals surface area contributed by atoms with Gasteiger partial charge in [0.15, 0.2) is 5.16 Å². The highest BCUT2D eigenvalue weighted by Crippen LogP contribution is 2.19. The molecular formula is C12H21N5S. The van der Waals surface area contributed by atoms with E-state index in [9.17, 15) is 0 Å². The lowest BCUT2D eigenvalue weighted by molar-refractivity contribution is 0.260. The van der Waals surface area contributed by atoms with Crippen LogP contribution in [0.4, 0.5) is 11.6 Å². The van der Waals surface area contributed by atoms with E-state index in [0.29, 0.717) is 6.04 Å².